The maximum Gasteiger partial charge on any atom is 0.222 e. The lowest BCUT2D eigenvalue weighted by Gasteiger charge is -2.37. The molecule has 1 amide bonds. The van der Waals surface area contributed by atoms with Crippen molar-refractivity contribution in [3.05, 3.63) is 24.3 Å². The first-order valence-electron chi connectivity index (χ1n) is 9.55. The second-order valence-corrected chi connectivity index (χ2v) is 7.31. The number of benzene rings is 1. The fourth-order valence-electron chi connectivity index (χ4n) is 4.07. The quantitative estimate of drug-likeness (QED) is 0.798. The zero-order valence-electron chi connectivity index (χ0n) is 16.4. The summed E-state index contributed by atoms with van der Waals surface area (Å²) in [7, 11) is 1.71. The summed E-state index contributed by atoms with van der Waals surface area (Å²) in [6.07, 6.45) is 3.10. The number of hydrogen-bond acceptors (Lipinski definition) is 4. The van der Waals surface area contributed by atoms with Gasteiger partial charge in [-0.15, -0.1) is 24.8 Å². The minimum Gasteiger partial charge on any atom is -0.495 e. The van der Waals surface area contributed by atoms with Crippen LogP contribution < -0.4 is 15.0 Å². The standard InChI is InChI=1S/C20H31N3O2.2ClH/c1-16(17-7-9-21-10-8-17)15-20(24)23-13-11-22(12-14-23)18-5-3-4-6-19(18)25-2;;/h3-6,16-17,21H,7-15H2,1-2H3;2*1H. The molecule has 0 spiro atoms. The summed E-state index contributed by atoms with van der Waals surface area (Å²) in [5, 5.41) is 3.40. The summed E-state index contributed by atoms with van der Waals surface area (Å²) in [5.41, 5.74) is 1.13. The number of nitrogens with zero attached hydrogens (tertiary/aromatic N) is 2. The van der Waals surface area contributed by atoms with Gasteiger partial charge in [0.2, 0.25) is 5.91 Å². The minimum absolute atomic E-state index is 0. The van der Waals surface area contributed by atoms with Crippen LogP contribution in [0, 0.1) is 11.8 Å². The van der Waals surface area contributed by atoms with Gasteiger partial charge in [0.05, 0.1) is 12.8 Å². The maximum atomic E-state index is 12.7. The van der Waals surface area contributed by atoms with Crippen molar-refractivity contribution in [3.8, 4) is 5.75 Å². The summed E-state index contributed by atoms with van der Waals surface area (Å²) < 4.78 is 5.47. The van der Waals surface area contributed by atoms with Crippen LogP contribution in [0.15, 0.2) is 24.3 Å². The third-order valence-corrected chi connectivity index (χ3v) is 5.74. The summed E-state index contributed by atoms with van der Waals surface area (Å²) in [6.45, 7) is 7.79. The van der Waals surface area contributed by atoms with E-state index in [9.17, 15) is 4.79 Å². The van der Waals surface area contributed by atoms with E-state index in [-0.39, 0.29) is 24.8 Å². The Morgan fingerprint density at radius 3 is 2.41 bits per heavy atom. The molecule has 27 heavy (non-hydrogen) atoms. The topological polar surface area (TPSA) is 44.8 Å². The van der Waals surface area contributed by atoms with Crippen LogP contribution in [0.25, 0.3) is 0 Å². The Morgan fingerprint density at radius 1 is 1.15 bits per heavy atom. The highest BCUT2D eigenvalue weighted by Gasteiger charge is 2.27. The number of piperazine rings is 1. The molecule has 3 rings (SSSR count). The molecule has 0 aromatic heterocycles. The van der Waals surface area contributed by atoms with Crippen molar-refractivity contribution < 1.29 is 9.53 Å². The number of ether oxygens (including phenoxy) is 1. The number of amides is 1. The van der Waals surface area contributed by atoms with E-state index < -0.39 is 0 Å². The van der Waals surface area contributed by atoms with E-state index in [0.717, 1.165) is 50.7 Å². The summed E-state index contributed by atoms with van der Waals surface area (Å²) in [6, 6.07) is 8.11. The van der Waals surface area contributed by atoms with Gasteiger partial charge in [0.15, 0.2) is 0 Å². The van der Waals surface area contributed by atoms with Gasteiger partial charge >= 0.3 is 0 Å². The van der Waals surface area contributed by atoms with Crippen LogP contribution in [-0.2, 0) is 4.79 Å². The largest absolute Gasteiger partial charge is 0.495 e. The van der Waals surface area contributed by atoms with Gasteiger partial charge in [-0.1, -0.05) is 19.1 Å². The molecule has 2 fully saturated rings. The van der Waals surface area contributed by atoms with Crippen LogP contribution in [-0.4, -0.2) is 57.2 Å². The predicted octanol–water partition coefficient (Wildman–Crippen LogP) is 3.21. The Balaban J connectivity index is 0.00000182. The van der Waals surface area contributed by atoms with Crippen molar-refractivity contribution in [2.24, 2.45) is 11.8 Å². The first-order valence-corrected chi connectivity index (χ1v) is 9.55. The molecule has 5 nitrogen and oxygen atoms in total. The van der Waals surface area contributed by atoms with Gasteiger partial charge in [-0.2, -0.15) is 0 Å². The smallest absolute Gasteiger partial charge is 0.222 e. The Bertz CT molecular complexity index is 574. The molecule has 1 aromatic rings. The lowest BCUT2D eigenvalue weighted by atomic mass is 9.84. The van der Waals surface area contributed by atoms with Gasteiger partial charge in [-0.3, -0.25) is 4.79 Å². The first kappa shape index (κ1) is 23.9. The highest BCUT2D eigenvalue weighted by Crippen LogP contribution is 2.29. The van der Waals surface area contributed by atoms with E-state index in [0.29, 0.717) is 24.2 Å². The highest BCUT2D eigenvalue weighted by molar-refractivity contribution is 5.85. The molecule has 0 aliphatic carbocycles. The molecule has 154 valence electrons. The van der Waals surface area contributed by atoms with E-state index in [4.69, 9.17) is 4.74 Å². The predicted molar refractivity (Wildman–Crippen MR) is 116 cm³/mol. The van der Waals surface area contributed by atoms with Crippen molar-refractivity contribution >= 4 is 36.4 Å². The monoisotopic (exact) mass is 417 g/mol. The van der Waals surface area contributed by atoms with Crippen LogP contribution >= 0.6 is 24.8 Å². The summed E-state index contributed by atoms with van der Waals surface area (Å²) >= 11 is 0. The minimum atomic E-state index is 0. The van der Waals surface area contributed by atoms with Crippen LogP contribution in [0.3, 0.4) is 0 Å². The van der Waals surface area contributed by atoms with Crippen LogP contribution in [0.5, 0.6) is 5.75 Å². The number of rotatable bonds is 5. The Morgan fingerprint density at radius 2 is 1.78 bits per heavy atom. The number of hydrogen-bond donors (Lipinski definition) is 1. The zero-order chi connectivity index (χ0) is 17.6. The van der Waals surface area contributed by atoms with Gasteiger partial charge < -0.3 is 19.9 Å². The van der Waals surface area contributed by atoms with E-state index in [1.165, 1.54) is 12.8 Å². The number of carbonyl (C=O) groups is 1. The van der Waals surface area contributed by atoms with E-state index in [1.54, 1.807) is 7.11 Å². The molecule has 0 bridgehead atoms. The molecule has 0 saturated carbocycles. The molecule has 1 aromatic carbocycles. The Labute approximate surface area is 175 Å². The second-order valence-electron chi connectivity index (χ2n) is 7.31. The lowest BCUT2D eigenvalue weighted by Crippen LogP contribution is -2.49. The number of methoxy groups -OCH3 is 1. The second kappa shape index (κ2) is 11.6. The van der Waals surface area contributed by atoms with Crippen LogP contribution in [0.1, 0.15) is 26.2 Å². The van der Waals surface area contributed by atoms with Crippen molar-refractivity contribution in [1.29, 1.82) is 0 Å². The van der Waals surface area contributed by atoms with Crippen molar-refractivity contribution in [2.75, 3.05) is 51.3 Å². The summed E-state index contributed by atoms with van der Waals surface area (Å²) in [5.74, 6) is 2.41. The van der Waals surface area contributed by atoms with Crippen molar-refractivity contribution in [3.63, 3.8) is 0 Å². The first-order chi connectivity index (χ1) is 12.2. The average Bonchev–Trinajstić information content (AvgIpc) is 2.68. The molecular weight excluding hydrogens is 385 g/mol. The van der Waals surface area contributed by atoms with Gasteiger partial charge in [0.25, 0.3) is 0 Å². The van der Waals surface area contributed by atoms with E-state index in [1.807, 2.05) is 23.1 Å². The highest BCUT2D eigenvalue weighted by atomic mass is 35.5. The molecule has 1 unspecified atom stereocenters. The van der Waals surface area contributed by atoms with Gasteiger partial charge in [0.1, 0.15) is 5.75 Å². The molecule has 1 N–H and O–H groups in total. The molecule has 1 atom stereocenters. The fraction of sp³-hybridized carbons (Fsp3) is 0.650. The fourth-order valence-corrected chi connectivity index (χ4v) is 4.07. The average molecular weight is 418 g/mol. The van der Waals surface area contributed by atoms with Gasteiger partial charge in [-0.05, 0) is 49.9 Å². The Hall–Kier alpha value is -1.17. The number of carbonyl (C=O) groups excluding carboxylic acids is 1. The molecule has 0 radical (unpaired) electrons. The molecule has 2 aliphatic rings. The van der Waals surface area contributed by atoms with E-state index >= 15 is 0 Å². The zero-order valence-corrected chi connectivity index (χ0v) is 18.0. The molecule has 2 heterocycles. The number of para-hydroxylation sites is 2. The number of nitrogens with one attached hydrogen (secondary N) is 1. The third-order valence-electron chi connectivity index (χ3n) is 5.74. The normalized spacial score (nSPS) is 18.9. The Kier molecular flexibility index (Phi) is 10.3. The van der Waals surface area contributed by atoms with Gasteiger partial charge in [0, 0.05) is 32.6 Å². The summed E-state index contributed by atoms with van der Waals surface area (Å²) in [4.78, 5) is 17.0. The van der Waals surface area contributed by atoms with Crippen LogP contribution in [0.4, 0.5) is 5.69 Å². The SMILES string of the molecule is COc1ccccc1N1CCN(C(=O)CC(C)C2CCNCC2)CC1.Cl.Cl. The number of piperidine rings is 1. The third kappa shape index (κ3) is 6.16. The molecule has 2 saturated heterocycles. The van der Waals surface area contributed by atoms with E-state index in [2.05, 4.69) is 23.2 Å². The van der Waals surface area contributed by atoms with Crippen LogP contribution in [0.2, 0.25) is 0 Å². The van der Waals surface area contributed by atoms with Crippen molar-refractivity contribution in [2.45, 2.75) is 26.2 Å². The van der Waals surface area contributed by atoms with Gasteiger partial charge in [-0.25, -0.2) is 0 Å². The molecule has 2 aliphatic heterocycles. The molecular formula is C20H33Cl2N3O2. The lowest BCUT2D eigenvalue weighted by molar-refractivity contribution is -0.132. The number of halogens is 2. The molecule has 7 heteroatoms. The van der Waals surface area contributed by atoms with Crippen molar-refractivity contribution in [1.82, 2.24) is 10.2 Å². The maximum absolute atomic E-state index is 12.7. The number of anilines is 1.